The van der Waals surface area contributed by atoms with E-state index in [9.17, 15) is 0 Å². The molecule has 0 aliphatic heterocycles. The van der Waals surface area contributed by atoms with E-state index in [1.807, 2.05) is 25.1 Å². The molecule has 14 heavy (non-hydrogen) atoms. The van der Waals surface area contributed by atoms with Crippen molar-refractivity contribution in [1.82, 2.24) is 15.2 Å². The minimum absolute atomic E-state index is 0.451. The molecule has 2 rings (SSSR count). The standard InChI is InChI=1S/C9H8ClN3S/c1-5-4-6(2-3-7(5)10)8-11-9(14)13-12-8/h2-4H,1H3,(H2,11,12,13,14). The fraction of sp³-hybridized carbons (Fsp3) is 0.111. The van der Waals surface area contributed by atoms with Crippen LogP contribution in [0.4, 0.5) is 0 Å². The largest absolute Gasteiger partial charge is 0.282 e. The molecule has 1 aromatic carbocycles. The number of hydrogen-bond acceptors (Lipinski definition) is 2. The van der Waals surface area contributed by atoms with Gasteiger partial charge in [0, 0.05) is 10.6 Å². The predicted octanol–water partition coefficient (Wildman–Crippen LogP) is 3.10. The Morgan fingerprint density at radius 2 is 2.14 bits per heavy atom. The molecule has 0 aliphatic carbocycles. The molecular formula is C9H8ClN3S. The molecule has 0 radical (unpaired) electrons. The van der Waals surface area contributed by atoms with Crippen LogP contribution in [0.3, 0.4) is 0 Å². The van der Waals surface area contributed by atoms with Gasteiger partial charge in [0.05, 0.1) is 0 Å². The first-order valence-electron chi connectivity index (χ1n) is 4.08. The zero-order chi connectivity index (χ0) is 10.1. The van der Waals surface area contributed by atoms with Crippen LogP contribution in [0, 0.1) is 11.7 Å². The summed E-state index contributed by atoms with van der Waals surface area (Å²) in [7, 11) is 0. The van der Waals surface area contributed by atoms with Crippen molar-refractivity contribution in [2.24, 2.45) is 0 Å². The van der Waals surface area contributed by atoms with Gasteiger partial charge in [0.2, 0.25) is 4.77 Å². The highest BCUT2D eigenvalue weighted by Crippen LogP contribution is 2.21. The number of nitrogens with zero attached hydrogens (tertiary/aromatic N) is 1. The van der Waals surface area contributed by atoms with E-state index in [0.29, 0.717) is 4.77 Å². The molecular weight excluding hydrogens is 218 g/mol. The number of aromatic amines is 2. The van der Waals surface area contributed by atoms with Gasteiger partial charge in [0.1, 0.15) is 0 Å². The highest BCUT2D eigenvalue weighted by molar-refractivity contribution is 7.71. The van der Waals surface area contributed by atoms with Gasteiger partial charge in [-0.05, 0) is 42.9 Å². The number of hydrogen-bond donors (Lipinski definition) is 2. The molecule has 3 nitrogen and oxygen atoms in total. The lowest BCUT2D eigenvalue weighted by Gasteiger charge is -1.99. The van der Waals surface area contributed by atoms with E-state index >= 15 is 0 Å². The Balaban J connectivity index is 2.52. The predicted molar refractivity (Wildman–Crippen MR) is 59.0 cm³/mol. The Morgan fingerprint density at radius 1 is 1.36 bits per heavy atom. The van der Waals surface area contributed by atoms with Crippen LogP contribution in [-0.4, -0.2) is 15.2 Å². The first kappa shape index (κ1) is 9.43. The van der Waals surface area contributed by atoms with Crippen LogP contribution in [0.25, 0.3) is 11.4 Å². The smallest absolute Gasteiger partial charge is 0.213 e. The van der Waals surface area contributed by atoms with Crippen LogP contribution in [0.1, 0.15) is 5.56 Å². The van der Waals surface area contributed by atoms with Crippen molar-refractivity contribution in [3.8, 4) is 11.4 Å². The van der Waals surface area contributed by atoms with E-state index in [1.54, 1.807) is 0 Å². The van der Waals surface area contributed by atoms with E-state index in [2.05, 4.69) is 15.2 Å². The molecule has 5 heteroatoms. The fourth-order valence-corrected chi connectivity index (χ4v) is 1.46. The van der Waals surface area contributed by atoms with Crippen LogP contribution in [0.15, 0.2) is 18.2 Å². The Kier molecular flexibility index (Phi) is 2.39. The zero-order valence-electron chi connectivity index (χ0n) is 7.47. The summed E-state index contributed by atoms with van der Waals surface area (Å²) >= 11 is 10.8. The second-order valence-corrected chi connectivity index (χ2v) is 3.77. The Labute approximate surface area is 91.1 Å². The summed E-state index contributed by atoms with van der Waals surface area (Å²) in [6.07, 6.45) is 0. The summed E-state index contributed by atoms with van der Waals surface area (Å²) in [5.74, 6) is 0.731. The number of nitrogens with one attached hydrogen (secondary N) is 2. The summed E-state index contributed by atoms with van der Waals surface area (Å²) in [5.41, 5.74) is 1.99. The molecule has 72 valence electrons. The van der Waals surface area contributed by atoms with Gasteiger partial charge in [-0.25, -0.2) is 0 Å². The van der Waals surface area contributed by atoms with Gasteiger partial charge >= 0.3 is 0 Å². The van der Waals surface area contributed by atoms with Crippen molar-refractivity contribution in [3.05, 3.63) is 33.6 Å². The number of benzene rings is 1. The average molecular weight is 226 g/mol. The maximum absolute atomic E-state index is 5.91. The summed E-state index contributed by atoms with van der Waals surface area (Å²) in [5, 5.41) is 6.38. The minimum atomic E-state index is 0.451. The molecule has 1 aromatic heterocycles. The second-order valence-electron chi connectivity index (χ2n) is 2.98. The monoisotopic (exact) mass is 225 g/mol. The van der Waals surface area contributed by atoms with Crippen LogP contribution >= 0.6 is 23.8 Å². The number of aryl methyl sites for hydroxylation is 1. The Hall–Kier alpha value is -1.13. The SMILES string of the molecule is Cc1cc(-c2nc(=S)[nH][nH]2)ccc1Cl. The number of rotatable bonds is 1. The average Bonchev–Trinajstić information content (AvgIpc) is 2.57. The third-order valence-electron chi connectivity index (χ3n) is 1.93. The molecule has 2 aromatic rings. The first-order valence-corrected chi connectivity index (χ1v) is 4.86. The summed E-state index contributed by atoms with van der Waals surface area (Å²) in [4.78, 5) is 4.11. The van der Waals surface area contributed by atoms with Gasteiger partial charge in [-0.2, -0.15) is 4.98 Å². The molecule has 0 spiro atoms. The number of H-pyrrole nitrogens is 2. The van der Waals surface area contributed by atoms with Crippen LogP contribution < -0.4 is 0 Å². The van der Waals surface area contributed by atoms with E-state index < -0.39 is 0 Å². The zero-order valence-corrected chi connectivity index (χ0v) is 9.04. The lowest BCUT2D eigenvalue weighted by atomic mass is 10.1. The van der Waals surface area contributed by atoms with Gasteiger partial charge in [-0.1, -0.05) is 11.6 Å². The van der Waals surface area contributed by atoms with Gasteiger partial charge in [0.15, 0.2) is 5.82 Å². The van der Waals surface area contributed by atoms with Gasteiger partial charge in [0.25, 0.3) is 0 Å². The van der Waals surface area contributed by atoms with Crippen molar-refractivity contribution >= 4 is 23.8 Å². The summed E-state index contributed by atoms with van der Waals surface area (Å²) in [6, 6.07) is 5.71. The summed E-state index contributed by atoms with van der Waals surface area (Å²) < 4.78 is 0.451. The van der Waals surface area contributed by atoms with Gasteiger partial charge < -0.3 is 0 Å². The van der Waals surface area contributed by atoms with E-state index in [1.165, 1.54) is 0 Å². The van der Waals surface area contributed by atoms with E-state index in [0.717, 1.165) is 22.0 Å². The van der Waals surface area contributed by atoms with Crippen molar-refractivity contribution in [2.75, 3.05) is 0 Å². The molecule has 0 fully saturated rings. The third kappa shape index (κ3) is 1.71. The van der Waals surface area contributed by atoms with Gasteiger partial charge in [-0.3, -0.25) is 10.2 Å². The van der Waals surface area contributed by atoms with Crippen LogP contribution in [0.5, 0.6) is 0 Å². The molecule has 0 bridgehead atoms. The normalized spacial score (nSPS) is 10.4. The highest BCUT2D eigenvalue weighted by Gasteiger charge is 2.02. The topological polar surface area (TPSA) is 44.5 Å². The molecule has 0 unspecified atom stereocenters. The molecule has 1 heterocycles. The fourth-order valence-electron chi connectivity index (χ4n) is 1.20. The molecule has 0 saturated heterocycles. The first-order chi connectivity index (χ1) is 6.66. The quantitative estimate of drug-likeness (QED) is 0.733. The molecule has 0 atom stereocenters. The highest BCUT2D eigenvalue weighted by atomic mass is 35.5. The molecule has 2 N–H and O–H groups in total. The maximum atomic E-state index is 5.91. The van der Waals surface area contributed by atoms with Crippen LogP contribution in [-0.2, 0) is 0 Å². The van der Waals surface area contributed by atoms with Crippen molar-refractivity contribution in [3.63, 3.8) is 0 Å². The second kappa shape index (κ2) is 3.55. The van der Waals surface area contributed by atoms with Crippen molar-refractivity contribution in [2.45, 2.75) is 6.92 Å². The van der Waals surface area contributed by atoms with Crippen LogP contribution in [0.2, 0.25) is 5.02 Å². The Morgan fingerprint density at radius 3 is 2.71 bits per heavy atom. The van der Waals surface area contributed by atoms with Crippen molar-refractivity contribution < 1.29 is 0 Å². The molecule has 0 aliphatic rings. The number of halogens is 1. The Bertz CT molecular complexity index is 515. The van der Waals surface area contributed by atoms with Crippen molar-refractivity contribution in [1.29, 1.82) is 0 Å². The van der Waals surface area contributed by atoms with Gasteiger partial charge in [-0.15, -0.1) is 0 Å². The molecule has 0 saturated carbocycles. The minimum Gasteiger partial charge on any atom is -0.282 e. The lowest BCUT2D eigenvalue weighted by Crippen LogP contribution is -1.82. The lowest BCUT2D eigenvalue weighted by molar-refractivity contribution is 1.08. The molecule has 0 amide bonds. The van der Waals surface area contributed by atoms with E-state index in [-0.39, 0.29) is 0 Å². The van der Waals surface area contributed by atoms with E-state index in [4.69, 9.17) is 23.8 Å². The maximum Gasteiger partial charge on any atom is 0.213 e. The summed E-state index contributed by atoms with van der Waals surface area (Å²) in [6.45, 7) is 1.95. The number of aromatic nitrogens is 3. The third-order valence-corrected chi connectivity index (χ3v) is 2.55.